The molecule has 1 aliphatic carbocycles. The Balaban J connectivity index is 2.27. The van der Waals surface area contributed by atoms with Crippen LogP contribution >= 0.6 is 0 Å². The molecule has 0 fully saturated rings. The molecule has 2 rings (SSSR count). The van der Waals surface area contributed by atoms with Crippen LogP contribution in [0, 0.1) is 17.8 Å². The minimum Gasteiger partial charge on any atom is -0.374 e. The van der Waals surface area contributed by atoms with Gasteiger partial charge in [0.15, 0.2) is 0 Å². The minimum absolute atomic E-state index is 0.318. The fourth-order valence-electron chi connectivity index (χ4n) is 2.31. The molecule has 0 amide bonds. The minimum atomic E-state index is -1.02. The molecule has 1 aromatic rings. The maximum Gasteiger partial charge on any atom is 0.147 e. The SMILES string of the molecule is C=C(C)[C@H]1CC=C(C)C(O)(C#Cc2ccccc2)C1. The van der Waals surface area contributed by atoms with Crippen LogP contribution in [0.4, 0.5) is 0 Å². The Kier molecular flexibility index (Phi) is 3.93. The molecule has 1 heteroatoms. The van der Waals surface area contributed by atoms with Crippen molar-refractivity contribution < 1.29 is 5.11 Å². The van der Waals surface area contributed by atoms with Gasteiger partial charge in [0.25, 0.3) is 0 Å². The molecular weight excluding hydrogens is 232 g/mol. The van der Waals surface area contributed by atoms with Crippen molar-refractivity contribution in [3.05, 3.63) is 59.7 Å². The van der Waals surface area contributed by atoms with Gasteiger partial charge in [0.05, 0.1) is 0 Å². The third-order valence-corrected chi connectivity index (χ3v) is 3.79. The summed E-state index contributed by atoms with van der Waals surface area (Å²) in [7, 11) is 0. The van der Waals surface area contributed by atoms with E-state index in [1.807, 2.05) is 44.2 Å². The fourth-order valence-corrected chi connectivity index (χ4v) is 2.31. The Morgan fingerprint density at radius 1 is 1.37 bits per heavy atom. The van der Waals surface area contributed by atoms with Crippen molar-refractivity contribution in [2.45, 2.75) is 32.3 Å². The summed E-state index contributed by atoms with van der Waals surface area (Å²) in [6.07, 6.45) is 3.68. The molecule has 0 aromatic heterocycles. The fraction of sp³-hybridized carbons (Fsp3) is 0.333. The van der Waals surface area contributed by atoms with E-state index < -0.39 is 5.60 Å². The number of allylic oxidation sites excluding steroid dienone is 2. The summed E-state index contributed by atoms with van der Waals surface area (Å²) in [6.45, 7) is 7.97. The van der Waals surface area contributed by atoms with Gasteiger partial charge in [-0.1, -0.05) is 48.3 Å². The van der Waals surface area contributed by atoms with E-state index in [0.29, 0.717) is 12.3 Å². The van der Waals surface area contributed by atoms with Gasteiger partial charge >= 0.3 is 0 Å². The van der Waals surface area contributed by atoms with Crippen LogP contribution in [-0.4, -0.2) is 10.7 Å². The third-order valence-electron chi connectivity index (χ3n) is 3.79. The first-order valence-corrected chi connectivity index (χ1v) is 6.64. The first-order valence-electron chi connectivity index (χ1n) is 6.64. The normalized spacial score (nSPS) is 26.1. The van der Waals surface area contributed by atoms with Gasteiger partial charge in [-0.05, 0) is 50.3 Å². The van der Waals surface area contributed by atoms with Crippen molar-refractivity contribution in [2.24, 2.45) is 5.92 Å². The van der Waals surface area contributed by atoms with Gasteiger partial charge in [-0.25, -0.2) is 0 Å². The molecule has 1 N–H and O–H groups in total. The summed E-state index contributed by atoms with van der Waals surface area (Å²) in [5.41, 5.74) is 1.98. The van der Waals surface area contributed by atoms with Crippen molar-refractivity contribution in [2.75, 3.05) is 0 Å². The van der Waals surface area contributed by atoms with E-state index in [2.05, 4.69) is 24.5 Å². The van der Waals surface area contributed by atoms with Crippen LogP contribution < -0.4 is 0 Å². The van der Waals surface area contributed by atoms with Crippen LogP contribution in [0.1, 0.15) is 32.3 Å². The summed E-state index contributed by atoms with van der Waals surface area (Å²) < 4.78 is 0. The molecule has 1 aliphatic rings. The zero-order chi connectivity index (χ0) is 13.9. The van der Waals surface area contributed by atoms with Crippen molar-refractivity contribution in [3.63, 3.8) is 0 Å². The molecule has 1 aromatic carbocycles. The molecule has 0 heterocycles. The lowest BCUT2D eigenvalue weighted by Gasteiger charge is -2.33. The van der Waals surface area contributed by atoms with Gasteiger partial charge in [-0.3, -0.25) is 0 Å². The Bertz CT molecular complexity index is 556. The third kappa shape index (κ3) is 3.16. The van der Waals surface area contributed by atoms with Crippen LogP contribution in [0.2, 0.25) is 0 Å². The van der Waals surface area contributed by atoms with Crippen molar-refractivity contribution >= 4 is 0 Å². The number of rotatable bonds is 1. The Morgan fingerprint density at radius 2 is 2.05 bits per heavy atom. The van der Waals surface area contributed by atoms with E-state index >= 15 is 0 Å². The van der Waals surface area contributed by atoms with Crippen LogP contribution in [0.15, 0.2) is 54.1 Å². The largest absolute Gasteiger partial charge is 0.374 e. The second-order valence-electron chi connectivity index (χ2n) is 5.35. The first-order chi connectivity index (χ1) is 9.01. The highest BCUT2D eigenvalue weighted by atomic mass is 16.3. The molecule has 0 saturated carbocycles. The highest BCUT2D eigenvalue weighted by Crippen LogP contribution is 2.35. The smallest absolute Gasteiger partial charge is 0.147 e. The van der Waals surface area contributed by atoms with Crippen molar-refractivity contribution in [1.29, 1.82) is 0 Å². The van der Waals surface area contributed by atoms with E-state index in [0.717, 1.165) is 23.1 Å². The highest BCUT2D eigenvalue weighted by Gasteiger charge is 2.33. The second kappa shape index (κ2) is 5.47. The lowest BCUT2D eigenvalue weighted by atomic mass is 9.76. The lowest BCUT2D eigenvalue weighted by molar-refractivity contribution is 0.107. The number of hydrogen-bond donors (Lipinski definition) is 1. The average molecular weight is 252 g/mol. The molecule has 1 nitrogen and oxygen atoms in total. The molecule has 0 saturated heterocycles. The molecule has 19 heavy (non-hydrogen) atoms. The molecule has 0 spiro atoms. The zero-order valence-corrected chi connectivity index (χ0v) is 11.6. The van der Waals surface area contributed by atoms with E-state index in [4.69, 9.17) is 0 Å². The molecule has 98 valence electrons. The van der Waals surface area contributed by atoms with E-state index in [-0.39, 0.29) is 0 Å². The summed E-state index contributed by atoms with van der Waals surface area (Å²) in [6, 6.07) is 9.77. The monoisotopic (exact) mass is 252 g/mol. The van der Waals surface area contributed by atoms with Gasteiger partial charge in [0, 0.05) is 5.56 Å². The summed E-state index contributed by atoms with van der Waals surface area (Å²) in [5.74, 6) is 6.44. The zero-order valence-electron chi connectivity index (χ0n) is 11.6. The lowest BCUT2D eigenvalue weighted by Crippen LogP contribution is -2.34. The Hall–Kier alpha value is -1.78. The molecule has 1 unspecified atom stereocenters. The van der Waals surface area contributed by atoms with Crippen molar-refractivity contribution in [3.8, 4) is 11.8 Å². The van der Waals surface area contributed by atoms with Gasteiger partial charge in [-0.2, -0.15) is 0 Å². The van der Waals surface area contributed by atoms with Crippen LogP contribution in [0.5, 0.6) is 0 Å². The molecule has 2 atom stereocenters. The standard InChI is InChI=1S/C18H20O/c1-14(2)17-10-9-15(3)18(19,13-17)12-11-16-7-5-4-6-8-16/h4-9,17,19H,1,10,13H2,2-3H3/t17-,18?/m0/s1. The first kappa shape index (κ1) is 13.6. The predicted octanol–water partition coefficient (Wildman–Crippen LogP) is 3.70. The Labute approximate surface area is 115 Å². The highest BCUT2D eigenvalue weighted by molar-refractivity contribution is 5.41. The summed E-state index contributed by atoms with van der Waals surface area (Å²) >= 11 is 0. The van der Waals surface area contributed by atoms with E-state index in [1.165, 1.54) is 0 Å². The summed E-state index contributed by atoms with van der Waals surface area (Å²) in [4.78, 5) is 0. The summed E-state index contributed by atoms with van der Waals surface area (Å²) in [5, 5.41) is 10.7. The van der Waals surface area contributed by atoms with Gasteiger partial charge in [0.1, 0.15) is 5.60 Å². The van der Waals surface area contributed by atoms with Crippen LogP contribution in [-0.2, 0) is 0 Å². The second-order valence-corrected chi connectivity index (χ2v) is 5.35. The van der Waals surface area contributed by atoms with Gasteiger partial charge in [-0.15, -0.1) is 0 Å². The quantitative estimate of drug-likeness (QED) is 0.597. The average Bonchev–Trinajstić information content (AvgIpc) is 2.41. The maximum atomic E-state index is 10.7. The van der Waals surface area contributed by atoms with Crippen molar-refractivity contribution in [1.82, 2.24) is 0 Å². The number of benzene rings is 1. The van der Waals surface area contributed by atoms with Gasteiger partial charge < -0.3 is 5.11 Å². The van der Waals surface area contributed by atoms with Crippen LogP contribution in [0.25, 0.3) is 0 Å². The number of aliphatic hydroxyl groups is 1. The molecule has 0 radical (unpaired) electrons. The number of hydrogen-bond acceptors (Lipinski definition) is 1. The molecule has 0 bridgehead atoms. The Morgan fingerprint density at radius 3 is 2.68 bits per heavy atom. The molecule has 0 aliphatic heterocycles. The molecular formula is C18H20O. The maximum absolute atomic E-state index is 10.7. The predicted molar refractivity (Wildman–Crippen MR) is 79.6 cm³/mol. The van der Waals surface area contributed by atoms with E-state index in [1.54, 1.807) is 0 Å². The van der Waals surface area contributed by atoms with Crippen LogP contribution in [0.3, 0.4) is 0 Å². The topological polar surface area (TPSA) is 20.2 Å². The van der Waals surface area contributed by atoms with Gasteiger partial charge in [0.2, 0.25) is 0 Å². The van der Waals surface area contributed by atoms with E-state index in [9.17, 15) is 5.11 Å².